The molecule has 0 aliphatic carbocycles. The van der Waals surface area contributed by atoms with Crippen molar-refractivity contribution in [1.82, 2.24) is 10.6 Å². The van der Waals surface area contributed by atoms with Crippen molar-refractivity contribution < 1.29 is 14.3 Å². The number of methoxy groups -OCH3 is 1. The second-order valence-electron chi connectivity index (χ2n) is 6.80. The number of carbonyl (C=O) groups is 2. The molecular formula is C24H18N4O3S. The van der Waals surface area contributed by atoms with Crippen LogP contribution in [0.5, 0.6) is 5.75 Å². The van der Waals surface area contributed by atoms with Gasteiger partial charge in [-0.1, -0.05) is 42.5 Å². The molecule has 2 N–H and O–H groups in total. The minimum Gasteiger partial charge on any atom is -0.497 e. The molecule has 2 amide bonds. The largest absolute Gasteiger partial charge is 0.497 e. The Balaban J connectivity index is 1.59. The van der Waals surface area contributed by atoms with Gasteiger partial charge < -0.3 is 15.4 Å². The lowest BCUT2D eigenvalue weighted by molar-refractivity contribution is -0.117. The third-order valence-electron chi connectivity index (χ3n) is 4.83. The van der Waals surface area contributed by atoms with Gasteiger partial charge in [0.2, 0.25) is 0 Å². The summed E-state index contributed by atoms with van der Waals surface area (Å²) in [7, 11) is 1.58. The summed E-state index contributed by atoms with van der Waals surface area (Å²) in [5.41, 5.74) is 2.25. The third kappa shape index (κ3) is 4.29. The highest BCUT2D eigenvalue weighted by Gasteiger charge is 2.27. The van der Waals surface area contributed by atoms with Crippen LogP contribution >= 0.6 is 11.3 Å². The van der Waals surface area contributed by atoms with Gasteiger partial charge in [-0.3, -0.25) is 9.59 Å². The second kappa shape index (κ2) is 9.29. The Morgan fingerprint density at radius 1 is 1.06 bits per heavy atom. The van der Waals surface area contributed by atoms with Crippen LogP contribution in [0.15, 0.2) is 76.6 Å². The van der Waals surface area contributed by atoms with E-state index in [0.29, 0.717) is 27.6 Å². The molecule has 4 rings (SSSR count). The van der Waals surface area contributed by atoms with Gasteiger partial charge in [0.15, 0.2) is 0 Å². The van der Waals surface area contributed by atoms with Gasteiger partial charge in [-0.2, -0.15) is 5.26 Å². The number of rotatable bonds is 5. The fraction of sp³-hybridized carbons (Fsp3) is 0.0833. The number of amides is 2. The molecule has 1 aliphatic heterocycles. The van der Waals surface area contributed by atoms with E-state index in [1.54, 1.807) is 49.6 Å². The number of nitriles is 1. The van der Waals surface area contributed by atoms with Crippen molar-refractivity contribution in [1.29, 1.82) is 5.26 Å². The predicted octanol–water partition coefficient (Wildman–Crippen LogP) is 3.50. The average molecular weight is 443 g/mol. The van der Waals surface area contributed by atoms with Crippen molar-refractivity contribution in [3.8, 4) is 11.8 Å². The maximum atomic E-state index is 12.8. The van der Waals surface area contributed by atoms with Crippen LogP contribution in [0.4, 0.5) is 0 Å². The van der Waals surface area contributed by atoms with Crippen LogP contribution in [0.2, 0.25) is 0 Å². The molecule has 7 nitrogen and oxygen atoms in total. The first-order valence-electron chi connectivity index (χ1n) is 9.69. The Morgan fingerprint density at radius 2 is 1.81 bits per heavy atom. The van der Waals surface area contributed by atoms with Crippen LogP contribution in [0.25, 0.3) is 5.70 Å². The number of carbonyl (C=O) groups excluding carboxylic acids is 2. The summed E-state index contributed by atoms with van der Waals surface area (Å²) >= 11 is 1.32. The summed E-state index contributed by atoms with van der Waals surface area (Å²) < 4.78 is 5.13. The number of nitrogens with one attached hydrogen (secondary N) is 2. The van der Waals surface area contributed by atoms with E-state index in [2.05, 4.69) is 15.6 Å². The van der Waals surface area contributed by atoms with Crippen molar-refractivity contribution in [2.75, 3.05) is 7.11 Å². The standard InChI is InChI=1S/C24H18N4O3S/c1-31-16-10-8-15(9-11-16)14-26-23(29)19(13-25)21-17-5-2-3-6-18(17)22(27-21)28-24(30)20-7-4-12-32-20/h2-12H,14H2,1H3,(H,26,29)(H,27,28,30)/b21-19-. The predicted molar refractivity (Wildman–Crippen MR) is 122 cm³/mol. The Hall–Kier alpha value is -4.22. The van der Waals surface area contributed by atoms with Gasteiger partial charge in [-0.25, -0.2) is 4.99 Å². The number of amidine groups is 1. The summed E-state index contributed by atoms with van der Waals surface area (Å²) in [4.78, 5) is 30.3. The Morgan fingerprint density at radius 3 is 2.47 bits per heavy atom. The minimum atomic E-state index is -0.539. The quantitative estimate of drug-likeness (QED) is 0.466. The Kier molecular flexibility index (Phi) is 6.10. The summed E-state index contributed by atoms with van der Waals surface area (Å²) in [5.74, 6) is 0.193. The molecule has 0 unspecified atom stereocenters. The molecule has 8 heteroatoms. The van der Waals surface area contributed by atoms with E-state index in [0.717, 1.165) is 5.56 Å². The first-order valence-corrected chi connectivity index (χ1v) is 10.6. The fourth-order valence-corrected chi connectivity index (χ4v) is 3.84. The van der Waals surface area contributed by atoms with Gasteiger partial charge in [0, 0.05) is 17.7 Å². The maximum Gasteiger partial charge on any atom is 0.266 e. The number of benzene rings is 2. The van der Waals surface area contributed by atoms with Gasteiger partial charge in [-0.15, -0.1) is 11.3 Å². The van der Waals surface area contributed by atoms with E-state index in [1.807, 2.05) is 29.6 Å². The van der Waals surface area contributed by atoms with E-state index < -0.39 is 5.91 Å². The number of fused-ring (bicyclic) bond motifs is 1. The average Bonchev–Trinajstić information content (AvgIpc) is 3.48. The lowest BCUT2D eigenvalue weighted by atomic mass is 10.0. The number of aliphatic imine (C=N–C) groups is 1. The van der Waals surface area contributed by atoms with Crippen LogP contribution in [0.3, 0.4) is 0 Å². The fourth-order valence-electron chi connectivity index (χ4n) is 3.22. The molecule has 0 radical (unpaired) electrons. The molecule has 2 heterocycles. The monoisotopic (exact) mass is 442 g/mol. The first kappa shape index (κ1) is 21.0. The Labute approximate surface area is 188 Å². The summed E-state index contributed by atoms with van der Waals surface area (Å²) in [6.45, 7) is 0.245. The van der Waals surface area contributed by atoms with E-state index in [4.69, 9.17) is 4.74 Å². The maximum absolute atomic E-state index is 12.8. The minimum absolute atomic E-state index is 0.119. The molecule has 0 fully saturated rings. The summed E-state index contributed by atoms with van der Waals surface area (Å²) in [6.07, 6.45) is 0. The molecule has 2 aromatic carbocycles. The summed E-state index contributed by atoms with van der Waals surface area (Å²) in [6, 6.07) is 19.9. The number of hydrogen-bond donors (Lipinski definition) is 2. The smallest absolute Gasteiger partial charge is 0.266 e. The third-order valence-corrected chi connectivity index (χ3v) is 5.69. The second-order valence-corrected chi connectivity index (χ2v) is 7.75. The number of hydrogen-bond acceptors (Lipinski definition) is 6. The van der Waals surface area contributed by atoms with Gasteiger partial charge >= 0.3 is 0 Å². The zero-order valence-electron chi connectivity index (χ0n) is 17.1. The van der Waals surface area contributed by atoms with Crippen LogP contribution < -0.4 is 15.4 Å². The molecule has 3 aromatic rings. The number of nitrogens with zero attached hydrogens (tertiary/aromatic N) is 2. The molecule has 1 aromatic heterocycles. The highest BCUT2D eigenvalue weighted by atomic mass is 32.1. The van der Waals surface area contributed by atoms with Gasteiger partial charge in [-0.05, 0) is 29.1 Å². The molecule has 32 heavy (non-hydrogen) atoms. The van der Waals surface area contributed by atoms with Crippen LogP contribution in [0.1, 0.15) is 26.4 Å². The molecule has 0 saturated heterocycles. The topological polar surface area (TPSA) is 104 Å². The van der Waals surface area contributed by atoms with Crippen molar-refractivity contribution in [3.05, 3.63) is 93.2 Å². The lowest BCUT2D eigenvalue weighted by Crippen LogP contribution is -2.29. The van der Waals surface area contributed by atoms with Crippen LogP contribution in [-0.2, 0) is 11.3 Å². The number of thiophene rings is 1. The van der Waals surface area contributed by atoms with Crippen molar-refractivity contribution in [2.24, 2.45) is 4.99 Å². The number of ether oxygens (including phenoxy) is 1. The van der Waals surface area contributed by atoms with Crippen molar-refractivity contribution in [3.63, 3.8) is 0 Å². The van der Waals surface area contributed by atoms with E-state index >= 15 is 0 Å². The van der Waals surface area contributed by atoms with Crippen molar-refractivity contribution in [2.45, 2.75) is 6.54 Å². The zero-order chi connectivity index (χ0) is 22.5. The Bertz CT molecular complexity index is 1270. The molecule has 0 atom stereocenters. The normalized spacial score (nSPS) is 13.4. The van der Waals surface area contributed by atoms with Crippen LogP contribution in [-0.4, -0.2) is 24.8 Å². The molecular weight excluding hydrogens is 424 g/mol. The highest BCUT2D eigenvalue weighted by molar-refractivity contribution is 7.12. The van der Waals surface area contributed by atoms with Crippen molar-refractivity contribution >= 4 is 34.7 Å². The van der Waals surface area contributed by atoms with E-state index in [-0.39, 0.29) is 23.7 Å². The van der Waals surface area contributed by atoms with Gasteiger partial charge in [0.1, 0.15) is 23.2 Å². The first-order chi connectivity index (χ1) is 15.6. The molecule has 0 saturated carbocycles. The molecule has 0 bridgehead atoms. The van der Waals surface area contributed by atoms with Gasteiger partial charge in [0.05, 0.1) is 17.7 Å². The van der Waals surface area contributed by atoms with Gasteiger partial charge in [0.25, 0.3) is 11.8 Å². The zero-order valence-corrected chi connectivity index (χ0v) is 17.9. The van der Waals surface area contributed by atoms with E-state index in [1.165, 1.54) is 11.3 Å². The summed E-state index contributed by atoms with van der Waals surface area (Å²) in [5, 5.41) is 17.1. The van der Waals surface area contributed by atoms with E-state index in [9.17, 15) is 14.9 Å². The molecule has 0 spiro atoms. The SMILES string of the molecule is COc1ccc(CNC(=O)/C(C#N)=C2\N=C(NC(=O)c3cccs3)c3ccccc32)cc1. The molecule has 1 aliphatic rings. The lowest BCUT2D eigenvalue weighted by Gasteiger charge is -2.07. The highest BCUT2D eigenvalue weighted by Crippen LogP contribution is 2.30. The van der Waals surface area contributed by atoms with Crippen LogP contribution in [0, 0.1) is 11.3 Å². The molecule has 158 valence electrons.